The Morgan fingerprint density at radius 3 is 1.97 bits per heavy atom. The van der Waals surface area contributed by atoms with E-state index in [1.54, 1.807) is 12.1 Å². The molecule has 1 radical (unpaired) electrons. The van der Waals surface area contributed by atoms with Gasteiger partial charge < -0.3 is 10.1 Å². The molecular weight excluding hydrogens is 366 g/mol. The first-order chi connectivity index (χ1) is 14.1. The standard InChI is InChI=1S/C24H20NO4/c26-23(27)22(14-16-8-2-1-3-9-16)25-24(28)29-15-21-19-12-6-4-10-17(19)18-11-5-7-13-20(18)21/h1-13,21-22H,14-15H2,(H,25,28)/t22-/m0/s1. The molecule has 0 aliphatic heterocycles. The largest absolute Gasteiger partial charge is 0.449 e. The predicted molar refractivity (Wildman–Crippen MR) is 108 cm³/mol. The molecule has 145 valence electrons. The molecule has 5 heteroatoms. The number of alkyl carbamates (subject to hydrolysis) is 1. The summed E-state index contributed by atoms with van der Waals surface area (Å²) in [5.74, 6) is -1.42. The van der Waals surface area contributed by atoms with E-state index in [1.807, 2.05) is 54.6 Å². The second-order valence-corrected chi connectivity index (χ2v) is 7.03. The first-order valence-electron chi connectivity index (χ1n) is 9.50. The second kappa shape index (κ2) is 8.19. The summed E-state index contributed by atoms with van der Waals surface area (Å²) in [5.41, 5.74) is 5.26. The van der Waals surface area contributed by atoms with Crippen molar-refractivity contribution in [1.82, 2.24) is 5.32 Å². The molecule has 3 aromatic rings. The maximum Gasteiger partial charge on any atom is 0.407 e. The summed E-state index contributed by atoms with van der Waals surface area (Å²) in [4.78, 5) is 23.8. The lowest BCUT2D eigenvalue weighted by Gasteiger charge is -2.17. The van der Waals surface area contributed by atoms with Crippen molar-refractivity contribution in [3.05, 3.63) is 95.6 Å². The Bertz CT molecular complexity index is 986. The fraction of sp³-hybridized carbons (Fsp3) is 0.167. The van der Waals surface area contributed by atoms with Crippen LogP contribution in [0, 0.1) is 0 Å². The molecule has 5 nitrogen and oxygen atoms in total. The third-order valence-corrected chi connectivity index (χ3v) is 5.20. The van der Waals surface area contributed by atoms with Crippen molar-refractivity contribution in [1.29, 1.82) is 0 Å². The number of nitrogens with one attached hydrogen (secondary N) is 1. The zero-order chi connectivity index (χ0) is 20.2. The Hall–Kier alpha value is -3.60. The summed E-state index contributed by atoms with van der Waals surface area (Å²) in [5, 5.41) is 13.9. The third kappa shape index (κ3) is 3.99. The van der Waals surface area contributed by atoms with E-state index in [4.69, 9.17) is 4.74 Å². The van der Waals surface area contributed by atoms with E-state index < -0.39 is 18.1 Å². The summed E-state index contributed by atoms with van der Waals surface area (Å²) in [6.07, 6.45) is -0.634. The third-order valence-electron chi connectivity index (χ3n) is 5.20. The summed E-state index contributed by atoms with van der Waals surface area (Å²) < 4.78 is 5.42. The average molecular weight is 386 g/mol. The van der Waals surface area contributed by atoms with Gasteiger partial charge in [-0.3, -0.25) is 0 Å². The van der Waals surface area contributed by atoms with Crippen molar-refractivity contribution in [2.24, 2.45) is 0 Å². The van der Waals surface area contributed by atoms with Crippen LogP contribution >= 0.6 is 0 Å². The van der Waals surface area contributed by atoms with Crippen LogP contribution in [-0.4, -0.2) is 24.7 Å². The Kier molecular flexibility index (Phi) is 5.29. The molecule has 0 spiro atoms. The fourth-order valence-corrected chi connectivity index (χ4v) is 3.83. The maximum atomic E-state index is 12.3. The van der Waals surface area contributed by atoms with Crippen LogP contribution in [0.25, 0.3) is 11.1 Å². The van der Waals surface area contributed by atoms with Gasteiger partial charge in [0.25, 0.3) is 0 Å². The van der Waals surface area contributed by atoms with Crippen LogP contribution in [0.3, 0.4) is 0 Å². The molecule has 0 heterocycles. The van der Waals surface area contributed by atoms with Gasteiger partial charge in [-0.15, -0.1) is 0 Å². The average Bonchev–Trinajstić information content (AvgIpc) is 3.06. The van der Waals surface area contributed by atoms with Gasteiger partial charge in [-0.05, 0) is 27.8 Å². The minimum absolute atomic E-state index is 0.0799. The fourth-order valence-electron chi connectivity index (χ4n) is 3.83. The van der Waals surface area contributed by atoms with Crippen LogP contribution in [0.2, 0.25) is 0 Å². The number of carbonyl (C=O) groups excluding carboxylic acids is 2. The molecule has 1 aliphatic rings. The highest BCUT2D eigenvalue weighted by atomic mass is 16.5. The van der Waals surface area contributed by atoms with Crippen molar-refractivity contribution in [3.8, 4) is 11.1 Å². The van der Waals surface area contributed by atoms with Gasteiger partial charge in [0.2, 0.25) is 0 Å². The van der Waals surface area contributed by atoms with Gasteiger partial charge in [0.15, 0.2) is 0 Å². The maximum absolute atomic E-state index is 12.3. The molecule has 29 heavy (non-hydrogen) atoms. The van der Waals surface area contributed by atoms with Gasteiger partial charge in [-0.1, -0.05) is 78.9 Å². The van der Waals surface area contributed by atoms with Gasteiger partial charge in [0.1, 0.15) is 12.6 Å². The Balaban J connectivity index is 1.43. The number of rotatable bonds is 6. The topological polar surface area (TPSA) is 75.3 Å². The minimum Gasteiger partial charge on any atom is -0.449 e. The lowest BCUT2D eigenvalue weighted by molar-refractivity contribution is -0.145. The summed E-state index contributed by atoms with van der Waals surface area (Å²) >= 11 is 0. The van der Waals surface area contributed by atoms with Crippen molar-refractivity contribution in [3.63, 3.8) is 0 Å². The Morgan fingerprint density at radius 2 is 1.38 bits per heavy atom. The number of amides is 1. The molecule has 1 N–H and O–H groups in total. The molecular formula is C24H20NO4. The molecule has 4 rings (SSSR count). The Morgan fingerprint density at radius 1 is 0.828 bits per heavy atom. The smallest absolute Gasteiger partial charge is 0.407 e. The lowest BCUT2D eigenvalue weighted by Crippen LogP contribution is -2.42. The molecule has 0 saturated carbocycles. The molecule has 1 amide bonds. The monoisotopic (exact) mass is 386 g/mol. The molecule has 0 saturated heterocycles. The van der Waals surface area contributed by atoms with Gasteiger partial charge in [-0.2, -0.15) is 0 Å². The molecule has 1 aliphatic carbocycles. The number of fused-ring (bicyclic) bond motifs is 3. The van der Waals surface area contributed by atoms with Crippen LogP contribution in [0.15, 0.2) is 78.9 Å². The quantitative estimate of drug-likeness (QED) is 0.693. The molecule has 0 unspecified atom stereocenters. The van der Waals surface area contributed by atoms with Crippen molar-refractivity contribution in [2.75, 3.05) is 6.61 Å². The normalized spacial score (nSPS) is 13.2. The molecule has 1 atom stereocenters. The summed E-state index contributed by atoms with van der Waals surface area (Å²) in [7, 11) is 0. The van der Waals surface area contributed by atoms with E-state index in [2.05, 4.69) is 17.4 Å². The van der Waals surface area contributed by atoms with E-state index in [0.717, 1.165) is 27.8 Å². The van der Waals surface area contributed by atoms with Crippen molar-refractivity contribution in [2.45, 2.75) is 18.4 Å². The highest BCUT2D eigenvalue weighted by molar-refractivity contribution is 5.81. The van der Waals surface area contributed by atoms with E-state index in [9.17, 15) is 14.7 Å². The highest BCUT2D eigenvalue weighted by Gasteiger charge is 2.30. The van der Waals surface area contributed by atoms with E-state index in [-0.39, 0.29) is 18.9 Å². The number of hydrogen-bond acceptors (Lipinski definition) is 3. The zero-order valence-electron chi connectivity index (χ0n) is 15.7. The first kappa shape index (κ1) is 18.7. The predicted octanol–water partition coefficient (Wildman–Crippen LogP) is 4.09. The minimum atomic E-state index is -1.35. The summed E-state index contributed by atoms with van der Waals surface area (Å²) in [6.45, 7) is 0.130. The zero-order valence-corrected chi connectivity index (χ0v) is 15.7. The van der Waals surface area contributed by atoms with Crippen LogP contribution in [0.4, 0.5) is 4.79 Å². The molecule has 0 bridgehead atoms. The summed E-state index contributed by atoms with van der Waals surface area (Å²) in [6, 6.07) is 24.0. The van der Waals surface area contributed by atoms with Crippen LogP contribution in [0.1, 0.15) is 22.6 Å². The van der Waals surface area contributed by atoms with Gasteiger partial charge in [0.05, 0.1) is 0 Å². The van der Waals surface area contributed by atoms with Gasteiger partial charge >= 0.3 is 12.1 Å². The first-order valence-corrected chi connectivity index (χ1v) is 9.50. The Labute approximate surface area is 169 Å². The van der Waals surface area contributed by atoms with E-state index >= 15 is 0 Å². The number of carbonyl (C=O) groups is 2. The van der Waals surface area contributed by atoms with Crippen LogP contribution in [-0.2, 0) is 21.1 Å². The highest BCUT2D eigenvalue weighted by Crippen LogP contribution is 2.44. The molecule has 0 fully saturated rings. The van der Waals surface area contributed by atoms with Gasteiger partial charge in [-0.25, -0.2) is 14.7 Å². The van der Waals surface area contributed by atoms with Crippen molar-refractivity contribution < 1.29 is 19.4 Å². The second-order valence-electron chi connectivity index (χ2n) is 7.03. The van der Waals surface area contributed by atoms with E-state index in [1.165, 1.54) is 0 Å². The molecule has 3 aromatic carbocycles. The van der Waals surface area contributed by atoms with Crippen LogP contribution in [0.5, 0.6) is 0 Å². The number of hydrogen-bond donors (Lipinski definition) is 1. The van der Waals surface area contributed by atoms with Gasteiger partial charge in [0, 0.05) is 12.3 Å². The van der Waals surface area contributed by atoms with Crippen LogP contribution < -0.4 is 5.32 Å². The van der Waals surface area contributed by atoms with Crippen molar-refractivity contribution >= 4 is 12.1 Å². The number of benzene rings is 3. The lowest BCUT2D eigenvalue weighted by atomic mass is 9.98. The SMILES string of the molecule is [O]C(=O)[C@H](Cc1ccccc1)NC(=O)OCC1c2ccccc2-c2ccccc21. The molecule has 0 aromatic heterocycles. The number of ether oxygens (including phenoxy) is 1. The van der Waals surface area contributed by atoms with E-state index in [0.29, 0.717) is 0 Å².